The molecule has 158 valence electrons. The smallest absolute Gasteiger partial charge is 0.246 e. The molecule has 0 saturated heterocycles. The Morgan fingerprint density at radius 2 is 2.23 bits per heavy atom. The van der Waals surface area contributed by atoms with Gasteiger partial charge in [0.05, 0.1) is 13.1 Å². The van der Waals surface area contributed by atoms with Crippen LogP contribution in [-0.2, 0) is 19.5 Å². The predicted molar refractivity (Wildman–Crippen MR) is 114 cm³/mol. The van der Waals surface area contributed by atoms with Crippen LogP contribution in [0.5, 0.6) is 0 Å². The molecular formula is C20H25ClN8O. The maximum atomic E-state index is 6.03. The van der Waals surface area contributed by atoms with Crippen LogP contribution in [0.25, 0.3) is 11.4 Å². The minimum absolute atomic E-state index is 0.218. The SMILES string of the molecule is CN=C(NCc1nc(-c2cccc(Cl)c2)no1)NC1CCc2nc(C(C)C)nn2C1. The molecule has 1 atom stereocenters. The highest BCUT2D eigenvalue weighted by Crippen LogP contribution is 2.20. The van der Waals surface area contributed by atoms with Gasteiger partial charge < -0.3 is 15.2 Å². The number of aliphatic imine (C=N–C) groups is 1. The van der Waals surface area contributed by atoms with Crippen molar-refractivity contribution in [3.8, 4) is 11.4 Å². The van der Waals surface area contributed by atoms with Gasteiger partial charge in [0.15, 0.2) is 11.8 Å². The summed E-state index contributed by atoms with van der Waals surface area (Å²) in [5.74, 6) is 3.94. The second-order valence-corrected chi connectivity index (χ2v) is 7.99. The quantitative estimate of drug-likeness (QED) is 0.475. The molecule has 30 heavy (non-hydrogen) atoms. The van der Waals surface area contributed by atoms with E-state index in [1.807, 2.05) is 16.8 Å². The van der Waals surface area contributed by atoms with Crippen molar-refractivity contribution >= 4 is 17.6 Å². The third-order valence-corrected chi connectivity index (χ3v) is 5.15. The van der Waals surface area contributed by atoms with Gasteiger partial charge in [0, 0.05) is 36.0 Å². The summed E-state index contributed by atoms with van der Waals surface area (Å²) >= 11 is 6.03. The molecule has 2 aromatic heterocycles. The maximum absolute atomic E-state index is 6.03. The number of hydrogen-bond donors (Lipinski definition) is 2. The molecule has 10 heteroatoms. The zero-order chi connectivity index (χ0) is 21.1. The first kappa shape index (κ1) is 20.3. The van der Waals surface area contributed by atoms with E-state index in [1.54, 1.807) is 19.2 Å². The Bertz CT molecular complexity index is 1040. The molecule has 1 aromatic carbocycles. The molecule has 4 rings (SSSR count). The molecule has 0 bridgehead atoms. The summed E-state index contributed by atoms with van der Waals surface area (Å²) in [7, 11) is 1.74. The number of rotatable bonds is 5. The second kappa shape index (κ2) is 8.83. The third-order valence-electron chi connectivity index (χ3n) is 4.91. The lowest BCUT2D eigenvalue weighted by Gasteiger charge is -2.25. The number of benzene rings is 1. The maximum Gasteiger partial charge on any atom is 0.246 e. The highest BCUT2D eigenvalue weighted by Gasteiger charge is 2.23. The summed E-state index contributed by atoms with van der Waals surface area (Å²) in [5, 5.41) is 16.0. The van der Waals surface area contributed by atoms with Gasteiger partial charge in [0.25, 0.3) is 0 Å². The summed E-state index contributed by atoms with van der Waals surface area (Å²) in [4.78, 5) is 13.4. The summed E-state index contributed by atoms with van der Waals surface area (Å²) in [5.41, 5.74) is 0.812. The lowest BCUT2D eigenvalue weighted by Crippen LogP contribution is -2.46. The first-order valence-corrected chi connectivity index (χ1v) is 10.4. The third kappa shape index (κ3) is 4.62. The molecule has 0 radical (unpaired) electrons. The number of aromatic nitrogens is 5. The van der Waals surface area contributed by atoms with Crippen LogP contribution in [0.15, 0.2) is 33.8 Å². The van der Waals surface area contributed by atoms with Crippen molar-refractivity contribution < 1.29 is 4.52 Å². The van der Waals surface area contributed by atoms with Gasteiger partial charge in [0.1, 0.15) is 5.82 Å². The fraction of sp³-hybridized carbons (Fsp3) is 0.450. The number of halogens is 1. The number of fused-ring (bicyclic) bond motifs is 1. The van der Waals surface area contributed by atoms with E-state index < -0.39 is 0 Å². The molecule has 0 amide bonds. The fourth-order valence-corrected chi connectivity index (χ4v) is 3.50. The first-order valence-electron chi connectivity index (χ1n) is 10.0. The Balaban J connectivity index is 1.33. The van der Waals surface area contributed by atoms with E-state index in [2.05, 4.69) is 49.7 Å². The van der Waals surface area contributed by atoms with Crippen molar-refractivity contribution in [3.05, 3.63) is 46.8 Å². The van der Waals surface area contributed by atoms with Gasteiger partial charge in [-0.05, 0) is 18.6 Å². The Hall–Kier alpha value is -2.94. The standard InChI is InChI=1S/C20H25ClN8O/c1-12(2)18-25-16-8-7-15(11-29(16)27-18)24-20(22-3)23-10-17-26-19(28-30-17)13-5-4-6-14(21)9-13/h4-6,9,12,15H,7-8,10-11H2,1-3H3,(H2,22,23,24). The topological polar surface area (TPSA) is 106 Å². The Morgan fingerprint density at radius 1 is 1.37 bits per heavy atom. The van der Waals surface area contributed by atoms with Gasteiger partial charge in [-0.15, -0.1) is 0 Å². The summed E-state index contributed by atoms with van der Waals surface area (Å²) in [6.45, 7) is 5.34. The second-order valence-electron chi connectivity index (χ2n) is 7.55. The van der Waals surface area contributed by atoms with Gasteiger partial charge in [-0.25, -0.2) is 9.67 Å². The molecule has 1 aliphatic rings. The number of nitrogens with one attached hydrogen (secondary N) is 2. The van der Waals surface area contributed by atoms with Crippen LogP contribution in [0.4, 0.5) is 0 Å². The van der Waals surface area contributed by atoms with Crippen molar-refractivity contribution in [3.63, 3.8) is 0 Å². The normalized spacial score (nSPS) is 16.6. The molecule has 2 N–H and O–H groups in total. The summed E-state index contributed by atoms with van der Waals surface area (Å²) < 4.78 is 7.34. The van der Waals surface area contributed by atoms with Crippen LogP contribution in [0.2, 0.25) is 5.02 Å². The number of nitrogens with zero attached hydrogens (tertiary/aromatic N) is 6. The van der Waals surface area contributed by atoms with Crippen molar-refractivity contribution in [1.29, 1.82) is 0 Å². The average Bonchev–Trinajstić information content (AvgIpc) is 3.38. The Morgan fingerprint density at radius 3 is 3.00 bits per heavy atom. The molecule has 1 unspecified atom stereocenters. The summed E-state index contributed by atoms with van der Waals surface area (Å²) in [6, 6.07) is 7.57. The predicted octanol–water partition coefficient (Wildman–Crippen LogP) is 2.78. The zero-order valence-corrected chi connectivity index (χ0v) is 18.0. The minimum atomic E-state index is 0.218. The molecule has 0 saturated carbocycles. The molecule has 1 aliphatic heterocycles. The van der Waals surface area contributed by atoms with E-state index >= 15 is 0 Å². The fourth-order valence-electron chi connectivity index (χ4n) is 3.31. The first-order chi connectivity index (χ1) is 14.5. The number of hydrogen-bond acceptors (Lipinski definition) is 6. The van der Waals surface area contributed by atoms with Crippen molar-refractivity contribution in [2.75, 3.05) is 7.05 Å². The van der Waals surface area contributed by atoms with Gasteiger partial charge in [-0.1, -0.05) is 42.7 Å². The molecule has 0 aliphatic carbocycles. The van der Waals surface area contributed by atoms with Crippen LogP contribution >= 0.6 is 11.6 Å². The molecule has 0 fully saturated rings. The molecule has 0 spiro atoms. The van der Waals surface area contributed by atoms with Gasteiger partial charge in [0.2, 0.25) is 11.7 Å². The van der Waals surface area contributed by atoms with E-state index in [-0.39, 0.29) is 6.04 Å². The van der Waals surface area contributed by atoms with Gasteiger partial charge in [-0.3, -0.25) is 4.99 Å². The highest BCUT2D eigenvalue weighted by atomic mass is 35.5. The van der Waals surface area contributed by atoms with Gasteiger partial charge >= 0.3 is 0 Å². The largest absolute Gasteiger partial charge is 0.352 e. The van der Waals surface area contributed by atoms with Crippen LogP contribution in [-0.4, -0.2) is 44.0 Å². The lowest BCUT2D eigenvalue weighted by atomic mass is 10.1. The lowest BCUT2D eigenvalue weighted by molar-refractivity contribution is 0.371. The van der Waals surface area contributed by atoms with E-state index in [9.17, 15) is 0 Å². The van der Waals surface area contributed by atoms with Crippen LogP contribution in [0.1, 0.15) is 43.7 Å². The van der Waals surface area contributed by atoms with Crippen molar-refractivity contribution in [2.24, 2.45) is 4.99 Å². The average molecular weight is 429 g/mol. The van der Waals surface area contributed by atoms with Crippen LogP contribution in [0.3, 0.4) is 0 Å². The van der Waals surface area contributed by atoms with E-state index in [0.29, 0.717) is 35.2 Å². The summed E-state index contributed by atoms with van der Waals surface area (Å²) in [6.07, 6.45) is 1.86. The van der Waals surface area contributed by atoms with E-state index in [4.69, 9.17) is 16.1 Å². The Kier molecular flexibility index (Phi) is 5.98. The van der Waals surface area contributed by atoms with Gasteiger partial charge in [-0.2, -0.15) is 10.1 Å². The highest BCUT2D eigenvalue weighted by molar-refractivity contribution is 6.30. The number of guanidine groups is 1. The van der Waals surface area contributed by atoms with Crippen molar-refractivity contribution in [2.45, 2.75) is 51.7 Å². The molecular weight excluding hydrogens is 404 g/mol. The zero-order valence-electron chi connectivity index (χ0n) is 17.3. The Labute approximate surface area is 179 Å². The van der Waals surface area contributed by atoms with Crippen LogP contribution < -0.4 is 10.6 Å². The van der Waals surface area contributed by atoms with E-state index in [1.165, 1.54) is 0 Å². The molecule has 3 aromatic rings. The molecule has 3 heterocycles. The number of aryl methyl sites for hydroxylation is 1. The van der Waals surface area contributed by atoms with E-state index in [0.717, 1.165) is 36.6 Å². The molecule has 9 nitrogen and oxygen atoms in total. The van der Waals surface area contributed by atoms with Crippen LogP contribution in [0, 0.1) is 0 Å². The monoisotopic (exact) mass is 428 g/mol. The minimum Gasteiger partial charge on any atom is -0.352 e. The van der Waals surface area contributed by atoms with Crippen molar-refractivity contribution in [1.82, 2.24) is 35.5 Å².